The first-order valence-electron chi connectivity index (χ1n) is 4.87. The van der Waals surface area contributed by atoms with Crippen LogP contribution in [-0.4, -0.2) is 29.9 Å². The monoisotopic (exact) mass is 224 g/mol. The molecular formula is C10H12N2O2S. The molecule has 2 rings (SSSR count). The lowest BCUT2D eigenvalue weighted by Crippen LogP contribution is -2.49. The summed E-state index contributed by atoms with van der Waals surface area (Å²) in [5.74, 6) is -0.174. The first kappa shape index (κ1) is 10.2. The molecule has 1 aromatic rings. The average Bonchev–Trinajstić information content (AvgIpc) is 2.69. The molecule has 4 nitrogen and oxygen atoms in total. The molecule has 15 heavy (non-hydrogen) atoms. The number of hydrogen-bond donors (Lipinski definition) is 1. The van der Waals surface area contributed by atoms with Crippen molar-refractivity contribution in [2.24, 2.45) is 0 Å². The van der Waals surface area contributed by atoms with Gasteiger partial charge in [0.25, 0.3) is 0 Å². The molecule has 1 aromatic heterocycles. The molecule has 1 aliphatic heterocycles. The Kier molecular flexibility index (Phi) is 3.01. The highest BCUT2D eigenvalue weighted by Gasteiger charge is 2.22. The van der Waals surface area contributed by atoms with E-state index < -0.39 is 0 Å². The summed E-state index contributed by atoms with van der Waals surface area (Å²) in [4.78, 5) is 25.2. The Morgan fingerprint density at radius 1 is 1.47 bits per heavy atom. The van der Waals surface area contributed by atoms with Gasteiger partial charge in [0, 0.05) is 24.4 Å². The standard InChI is InChI=1S/C10H12N2O2S/c13-9-4-6-12(10(14)11-9)5-3-8-2-1-7-15-8/h1-2,7H,3-6H2,(H,11,13,14). The molecule has 0 saturated carbocycles. The number of imide groups is 1. The van der Waals surface area contributed by atoms with E-state index in [0.717, 1.165) is 6.42 Å². The Balaban J connectivity index is 1.85. The molecule has 0 spiro atoms. The fraction of sp³-hybridized carbons (Fsp3) is 0.400. The van der Waals surface area contributed by atoms with Crippen LogP contribution in [0.2, 0.25) is 0 Å². The van der Waals surface area contributed by atoms with Crippen LogP contribution in [0, 0.1) is 0 Å². The lowest BCUT2D eigenvalue weighted by molar-refractivity contribution is -0.121. The van der Waals surface area contributed by atoms with Crippen molar-refractivity contribution in [2.45, 2.75) is 12.8 Å². The van der Waals surface area contributed by atoms with Crippen molar-refractivity contribution in [3.63, 3.8) is 0 Å². The molecule has 0 aromatic carbocycles. The van der Waals surface area contributed by atoms with Gasteiger partial charge >= 0.3 is 6.03 Å². The number of carbonyl (C=O) groups is 2. The Morgan fingerprint density at radius 2 is 2.33 bits per heavy atom. The van der Waals surface area contributed by atoms with Gasteiger partial charge in [-0.2, -0.15) is 0 Å². The van der Waals surface area contributed by atoms with E-state index in [1.54, 1.807) is 16.2 Å². The van der Waals surface area contributed by atoms with E-state index in [9.17, 15) is 9.59 Å². The molecule has 1 aliphatic rings. The normalized spacial score (nSPS) is 16.7. The molecule has 0 bridgehead atoms. The number of amides is 3. The third-order valence-corrected chi connectivity index (χ3v) is 3.29. The van der Waals surface area contributed by atoms with Crippen molar-refractivity contribution in [2.75, 3.05) is 13.1 Å². The van der Waals surface area contributed by atoms with E-state index in [-0.39, 0.29) is 11.9 Å². The summed E-state index contributed by atoms with van der Waals surface area (Å²) in [6, 6.07) is 3.79. The molecule has 1 fully saturated rings. The fourth-order valence-corrected chi connectivity index (χ4v) is 2.21. The van der Waals surface area contributed by atoms with Gasteiger partial charge in [0.15, 0.2) is 0 Å². The number of nitrogens with zero attached hydrogens (tertiary/aromatic N) is 1. The quantitative estimate of drug-likeness (QED) is 0.839. The summed E-state index contributed by atoms with van der Waals surface area (Å²) < 4.78 is 0. The maximum atomic E-state index is 11.4. The Bertz CT molecular complexity index is 362. The van der Waals surface area contributed by atoms with E-state index >= 15 is 0 Å². The first-order valence-corrected chi connectivity index (χ1v) is 5.75. The molecule has 80 valence electrons. The van der Waals surface area contributed by atoms with Gasteiger partial charge in [-0.15, -0.1) is 11.3 Å². The van der Waals surface area contributed by atoms with E-state index in [2.05, 4.69) is 11.4 Å². The maximum absolute atomic E-state index is 11.4. The van der Waals surface area contributed by atoms with Crippen LogP contribution in [0.1, 0.15) is 11.3 Å². The molecule has 1 saturated heterocycles. The molecule has 1 N–H and O–H groups in total. The molecule has 2 heterocycles. The van der Waals surface area contributed by atoms with Crippen LogP contribution in [0.15, 0.2) is 17.5 Å². The zero-order valence-electron chi connectivity index (χ0n) is 8.23. The predicted octanol–water partition coefficient (Wildman–Crippen LogP) is 1.23. The SMILES string of the molecule is O=C1CCN(CCc2cccs2)C(=O)N1. The zero-order chi connectivity index (χ0) is 10.7. The van der Waals surface area contributed by atoms with Gasteiger partial charge < -0.3 is 4.90 Å². The van der Waals surface area contributed by atoms with Crippen molar-refractivity contribution in [1.29, 1.82) is 0 Å². The van der Waals surface area contributed by atoms with Crippen LogP contribution >= 0.6 is 11.3 Å². The summed E-state index contributed by atoms with van der Waals surface area (Å²) in [5, 5.41) is 4.33. The highest BCUT2D eigenvalue weighted by molar-refractivity contribution is 7.09. The summed E-state index contributed by atoms with van der Waals surface area (Å²) in [6.45, 7) is 1.22. The summed E-state index contributed by atoms with van der Waals surface area (Å²) in [7, 11) is 0. The molecule has 0 atom stereocenters. The summed E-state index contributed by atoms with van der Waals surface area (Å²) in [6.07, 6.45) is 1.27. The third kappa shape index (κ3) is 2.56. The van der Waals surface area contributed by atoms with Crippen LogP contribution < -0.4 is 5.32 Å². The van der Waals surface area contributed by atoms with E-state index in [0.29, 0.717) is 19.5 Å². The first-order chi connectivity index (χ1) is 7.25. The molecule has 5 heteroatoms. The smallest absolute Gasteiger partial charge is 0.324 e. The van der Waals surface area contributed by atoms with Gasteiger partial charge in [-0.1, -0.05) is 6.07 Å². The second kappa shape index (κ2) is 4.44. The Hall–Kier alpha value is -1.36. The minimum Gasteiger partial charge on any atom is -0.324 e. The predicted molar refractivity (Wildman–Crippen MR) is 57.8 cm³/mol. The van der Waals surface area contributed by atoms with Crippen LogP contribution in [0.5, 0.6) is 0 Å². The minimum absolute atomic E-state index is 0.174. The summed E-state index contributed by atoms with van der Waals surface area (Å²) >= 11 is 1.69. The summed E-state index contributed by atoms with van der Waals surface area (Å²) in [5.41, 5.74) is 0. The van der Waals surface area contributed by atoms with Gasteiger partial charge in [-0.05, 0) is 17.9 Å². The number of thiophene rings is 1. The van der Waals surface area contributed by atoms with Crippen molar-refractivity contribution in [3.8, 4) is 0 Å². The largest absolute Gasteiger partial charge is 0.324 e. The lowest BCUT2D eigenvalue weighted by Gasteiger charge is -2.26. The van der Waals surface area contributed by atoms with Crippen molar-refractivity contribution >= 4 is 23.3 Å². The number of carbonyl (C=O) groups excluding carboxylic acids is 2. The van der Waals surface area contributed by atoms with Crippen LogP contribution in [0.4, 0.5) is 4.79 Å². The average molecular weight is 224 g/mol. The van der Waals surface area contributed by atoms with Crippen LogP contribution in [0.25, 0.3) is 0 Å². The molecule has 0 unspecified atom stereocenters. The second-order valence-electron chi connectivity index (χ2n) is 3.42. The van der Waals surface area contributed by atoms with Crippen LogP contribution in [-0.2, 0) is 11.2 Å². The van der Waals surface area contributed by atoms with Crippen molar-refractivity contribution in [3.05, 3.63) is 22.4 Å². The van der Waals surface area contributed by atoms with Gasteiger partial charge in [0.1, 0.15) is 0 Å². The van der Waals surface area contributed by atoms with E-state index in [4.69, 9.17) is 0 Å². The van der Waals surface area contributed by atoms with Crippen molar-refractivity contribution < 1.29 is 9.59 Å². The topological polar surface area (TPSA) is 49.4 Å². The Morgan fingerprint density at radius 3 is 3.00 bits per heavy atom. The molecular weight excluding hydrogens is 212 g/mol. The van der Waals surface area contributed by atoms with Gasteiger partial charge in [-0.3, -0.25) is 10.1 Å². The second-order valence-corrected chi connectivity index (χ2v) is 4.45. The molecule has 3 amide bonds. The van der Waals surface area contributed by atoms with Gasteiger partial charge in [0.05, 0.1) is 0 Å². The minimum atomic E-state index is -0.261. The Labute approximate surface area is 91.9 Å². The van der Waals surface area contributed by atoms with E-state index in [1.165, 1.54) is 4.88 Å². The number of nitrogens with one attached hydrogen (secondary N) is 1. The number of rotatable bonds is 3. The molecule has 0 aliphatic carbocycles. The molecule has 0 radical (unpaired) electrons. The third-order valence-electron chi connectivity index (χ3n) is 2.35. The lowest BCUT2D eigenvalue weighted by atomic mass is 10.2. The van der Waals surface area contributed by atoms with Gasteiger partial charge in [-0.25, -0.2) is 4.79 Å². The number of urea groups is 1. The highest BCUT2D eigenvalue weighted by Crippen LogP contribution is 2.10. The van der Waals surface area contributed by atoms with Crippen molar-refractivity contribution in [1.82, 2.24) is 10.2 Å². The van der Waals surface area contributed by atoms with E-state index in [1.807, 2.05) is 11.4 Å². The number of hydrogen-bond acceptors (Lipinski definition) is 3. The van der Waals surface area contributed by atoms with Crippen LogP contribution in [0.3, 0.4) is 0 Å². The maximum Gasteiger partial charge on any atom is 0.324 e. The highest BCUT2D eigenvalue weighted by atomic mass is 32.1. The fourth-order valence-electron chi connectivity index (χ4n) is 1.51. The zero-order valence-corrected chi connectivity index (χ0v) is 9.05. The van der Waals surface area contributed by atoms with Gasteiger partial charge in [0.2, 0.25) is 5.91 Å².